The molecule has 0 saturated heterocycles. The van der Waals surface area contributed by atoms with Crippen molar-refractivity contribution in [3.8, 4) is 11.8 Å². The monoisotopic (exact) mass is 767 g/mol. The van der Waals surface area contributed by atoms with Gasteiger partial charge >= 0.3 is 5.97 Å². The number of hydrogen-bond acceptors (Lipinski definition) is 7. The van der Waals surface area contributed by atoms with Gasteiger partial charge in [-0.2, -0.15) is 5.26 Å². The van der Waals surface area contributed by atoms with Crippen LogP contribution < -0.4 is 19.6 Å². The molecule has 0 unspecified atom stereocenters. The van der Waals surface area contributed by atoms with E-state index in [1.807, 2.05) is 72.8 Å². The number of fused-ring (bicyclic) bond motifs is 1. The molecule has 1 aliphatic rings. The fraction of sp³-hybridized carbons (Fsp3) is 0.212. The van der Waals surface area contributed by atoms with Gasteiger partial charge in [0.05, 0.1) is 32.0 Å². The van der Waals surface area contributed by atoms with E-state index in [-0.39, 0.29) is 18.8 Å². The first-order chi connectivity index (χ1) is 20.7. The summed E-state index contributed by atoms with van der Waals surface area (Å²) in [6.45, 7) is 6.05. The molecule has 10 heteroatoms. The highest BCUT2D eigenvalue weighted by molar-refractivity contribution is 14.1. The highest BCUT2D eigenvalue weighted by Crippen LogP contribution is 2.36. The minimum absolute atomic E-state index is 0.130. The molecular formula is C33H27BrIN3O4S. The zero-order valence-corrected chi connectivity index (χ0v) is 28.2. The molecule has 2 heterocycles. The molecule has 3 aromatic carbocycles. The Morgan fingerprint density at radius 3 is 2.56 bits per heavy atom. The lowest BCUT2D eigenvalue weighted by molar-refractivity contribution is -0.138. The van der Waals surface area contributed by atoms with Gasteiger partial charge in [-0.05, 0) is 64.8 Å². The Hall–Kier alpha value is -3.53. The number of esters is 1. The Morgan fingerprint density at radius 2 is 1.91 bits per heavy atom. The summed E-state index contributed by atoms with van der Waals surface area (Å²) in [6, 6.07) is 22.4. The van der Waals surface area contributed by atoms with Crippen LogP contribution >= 0.6 is 49.9 Å². The highest BCUT2D eigenvalue weighted by atomic mass is 127. The first kappa shape index (κ1) is 30.9. The van der Waals surface area contributed by atoms with E-state index in [9.17, 15) is 9.59 Å². The summed E-state index contributed by atoms with van der Waals surface area (Å²) in [6.07, 6.45) is 1.75. The normalized spacial score (nSPS) is 14.7. The van der Waals surface area contributed by atoms with E-state index in [2.05, 4.69) is 52.4 Å². The van der Waals surface area contributed by atoms with Crippen LogP contribution in [0.4, 0.5) is 0 Å². The first-order valence-corrected chi connectivity index (χ1v) is 16.3. The third-order valence-electron chi connectivity index (χ3n) is 6.90. The summed E-state index contributed by atoms with van der Waals surface area (Å²) >= 11 is 6.91. The predicted octanol–water partition coefficient (Wildman–Crippen LogP) is 6.33. The molecule has 0 bridgehead atoms. The smallest absolute Gasteiger partial charge is 0.338 e. The van der Waals surface area contributed by atoms with Gasteiger partial charge in [0.1, 0.15) is 11.8 Å². The molecule has 0 saturated carbocycles. The van der Waals surface area contributed by atoms with Crippen LogP contribution in [0, 0.1) is 14.9 Å². The number of hydrogen-bond donors (Lipinski definition) is 0. The lowest BCUT2D eigenvalue weighted by Gasteiger charge is -2.26. The van der Waals surface area contributed by atoms with Crippen LogP contribution in [0.15, 0.2) is 86.6 Å². The minimum Gasteiger partial charge on any atom is -0.477 e. The van der Waals surface area contributed by atoms with Crippen LogP contribution in [-0.4, -0.2) is 23.8 Å². The Labute approximate surface area is 275 Å². The number of carbonyl (C=O) groups is 1. The molecular weight excluding hydrogens is 741 g/mol. The maximum Gasteiger partial charge on any atom is 0.338 e. The Balaban J connectivity index is 1.82. The highest BCUT2D eigenvalue weighted by Gasteiger charge is 2.35. The van der Waals surface area contributed by atoms with Crippen molar-refractivity contribution in [3.63, 3.8) is 0 Å². The molecule has 1 aromatic heterocycles. The van der Waals surface area contributed by atoms with Crippen LogP contribution in [0.2, 0.25) is 0 Å². The van der Waals surface area contributed by atoms with Crippen LogP contribution in [0.5, 0.6) is 5.75 Å². The number of aromatic nitrogens is 1. The van der Waals surface area contributed by atoms with Gasteiger partial charge < -0.3 is 9.47 Å². The summed E-state index contributed by atoms with van der Waals surface area (Å²) in [5.74, 6) is 0.307. The minimum atomic E-state index is -0.758. The molecule has 43 heavy (non-hydrogen) atoms. The predicted molar refractivity (Wildman–Crippen MR) is 180 cm³/mol. The average Bonchev–Trinajstić information content (AvgIpc) is 3.30. The van der Waals surface area contributed by atoms with Crippen LogP contribution in [0.1, 0.15) is 55.0 Å². The summed E-state index contributed by atoms with van der Waals surface area (Å²) in [4.78, 5) is 33.3. The van der Waals surface area contributed by atoms with Crippen molar-refractivity contribution in [2.45, 2.75) is 32.7 Å². The van der Waals surface area contributed by atoms with Gasteiger partial charge in [0.15, 0.2) is 11.4 Å². The Morgan fingerprint density at radius 1 is 1.19 bits per heavy atom. The molecule has 4 aromatic rings. The van der Waals surface area contributed by atoms with Gasteiger partial charge in [0, 0.05) is 15.6 Å². The van der Waals surface area contributed by atoms with Crippen molar-refractivity contribution in [2.75, 3.05) is 13.2 Å². The number of ether oxygens (including phenoxy) is 2. The summed E-state index contributed by atoms with van der Waals surface area (Å²) in [5, 5.41) is 9.12. The molecule has 0 N–H and O–H groups in total. The van der Waals surface area contributed by atoms with Crippen molar-refractivity contribution in [1.82, 2.24) is 4.57 Å². The van der Waals surface area contributed by atoms with Gasteiger partial charge in [0.2, 0.25) is 0 Å². The Bertz CT molecular complexity index is 1940. The van der Waals surface area contributed by atoms with Crippen molar-refractivity contribution in [3.05, 3.63) is 122 Å². The Kier molecular flexibility index (Phi) is 9.64. The van der Waals surface area contributed by atoms with E-state index in [1.165, 1.54) is 11.3 Å². The molecule has 0 spiro atoms. The van der Waals surface area contributed by atoms with Crippen molar-refractivity contribution >= 4 is 67.6 Å². The van der Waals surface area contributed by atoms with Gasteiger partial charge in [-0.1, -0.05) is 95.7 Å². The third-order valence-corrected chi connectivity index (χ3v) is 9.14. The van der Waals surface area contributed by atoms with E-state index < -0.39 is 12.0 Å². The number of carbonyl (C=O) groups excluding carboxylic acids is 1. The van der Waals surface area contributed by atoms with Crippen molar-refractivity contribution < 1.29 is 14.3 Å². The third kappa shape index (κ3) is 6.39. The second-order valence-corrected chi connectivity index (χ2v) is 13.1. The zero-order chi connectivity index (χ0) is 30.7. The molecule has 5 rings (SSSR count). The summed E-state index contributed by atoms with van der Waals surface area (Å²) < 4.78 is 14.9. The maximum absolute atomic E-state index is 14.2. The van der Waals surface area contributed by atoms with E-state index in [1.54, 1.807) is 17.6 Å². The summed E-state index contributed by atoms with van der Waals surface area (Å²) in [7, 11) is 0. The molecule has 0 amide bonds. The van der Waals surface area contributed by atoms with E-state index in [0.717, 1.165) is 24.7 Å². The van der Waals surface area contributed by atoms with Crippen LogP contribution in [0.3, 0.4) is 0 Å². The number of nitrogens with zero attached hydrogens (tertiary/aromatic N) is 3. The topological polar surface area (TPSA) is 93.7 Å². The molecule has 7 nitrogen and oxygen atoms in total. The van der Waals surface area contributed by atoms with Gasteiger partial charge in [0.25, 0.3) is 5.56 Å². The second kappa shape index (κ2) is 13.4. The number of nitriles is 1. The number of benzene rings is 3. The second-order valence-electron chi connectivity index (χ2n) is 10.0. The van der Waals surface area contributed by atoms with E-state index >= 15 is 0 Å². The van der Waals surface area contributed by atoms with Crippen molar-refractivity contribution in [1.29, 1.82) is 5.26 Å². The number of halogens is 2. The maximum atomic E-state index is 14.2. The lowest BCUT2D eigenvalue weighted by atomic mass is 9.91. The molecule has 1 atom stereocenters. The van der Waals surface area contributed by atoms with Gasteiger partial charge in [-0.25, -0.2) is 9.79 Å². The van der Waals surface area contributed by atoms with E-state index in [0.29, 0.717) is 37.8 Å². The van der Waals surface area contributed by atoms with Crippen LogP contribution in [0.25, 0.3) is 11.8 Å². The number of thiazole rings is 1. The zero-order valence-electron chi connectivity index (χ0n) is 23.6. The van der Waals surface area contributed by atoms with E-state index in [4.69, 9.17) is 19.7 Å². The molecule has 0 radical (unpaired) electrons. The van der Waals surface area contributed by atoms with Gasteiger partial charge in [-0.15, -0.1) is 0 Å². The lowest BCUT2D eigenvalue weighted by Crippen LogP contribution is -2.40. The van der Waals surface area contributed by atoms with Crippen molar-refractivity contribution in [2.24, 2.45) is 4.99 Å². The average molecular weight is 768 g/mol. The molecule has 0 fully saturated rings. The summed E-state index contributed by atoms with van der Waals surface area (Å²) in [5.41, 5.74) is 3.80. The SMILES string of the molecule is CCOC(=O)C1=C(c2ccccc2)N=c2s/c(=C\c3cc(Br)cc(I)c3OCC#N)c(=O)n2[C@H]1c1ccc(C(C)C)cc1. The fourth-order valence-electron chi connectivity index (χ4n) is 4.90. The fourth-order valence-corrected chi connectivity index (χ4v) is 7.60. The van der Waals surface area contributed by atoms with Gasteiger partial charge in [-0.3, -0.25) is 9.36 Å². The van der Waals surface area contributed by atoms with Crippen LogP contribution in [-0.2, 0) is 9.53 Å². The standard InChI is InChI=1S/C33H27BrIN3O4S/c1-4-41-32(40)27-28(21-8-6-5-7-9-21)37-33-38(29(27)22-12-10-20(11-13-22)19(2)3)31(39)26(43-33)17-23-16-24(34)18-25(35)30(23)42-15-14-36/h5-13,16-19,29H,4,15H2,1-3H3/b26-17-/t29-/m0/s1. The largest absolute Gasteiger partial charge is 0.477 e. The quantitative estimate of drug-likeness (QED) is 0.155. The molecule has 0 aliphatic carbocycles. The molecule has 1 aliphatic heterocycles. The number of rotatable bonds is 8. The first-order valence-electron chi connectivity index (χ1n) is 13.6. The molecule has 218 valence electrons.